The van der Waals surface area contributed by atoms with E-state index in [4.69, 9.17) is 5.11 Å². The van der Waals surface area contributed by atoms with Gasteiger partial charge in [0, 0.05) is 18.0 Å². The molecule has 0 amide bonds. The number of hydrogen-bond acceptors (Lipinski definition) is 5. The molecule has 1 aromatic heterocycles. The van der Waals surface area contributed by atoms with Crippen LogP contribution in [-0.2, 0) is 11.0 Å². The Hall–Kier alpha value is -1.74. The molecule has 1 heterocycles. The first-order valence-electron chi connectivity index (χ1n) is 4.69. The van der Waals surface area contributed by atoms with Crippen LogP contribution in [0.5, 0.6) is 0 Å². The average Bonchev–Trinajstić information content (AvgIpc) is 2.26. The molecule has 0 aliphatic rings. The van der Waals surface area contributed by atoms with E-state index in [1.165, 1.54) is 0 Å². The summed E-state index contributed by atoms with van der Waals surface area (Å²) in [4.78, 5) is 16.2. The number of carboxylic acid groups (broad SMARTS) is 1. The maximum Gasteiger partial charge on any atom is 0.451 e. The number of aromatic nitrogens is 2. The summed E-state index contributed by atoms with van der Waals surface area (Å²) in [5.41, 5.74) is -0.197. The second-order valence-corrected chi connectivity index (χ2v) is 3.45. The van der Waals surface area contributed by atoms with Crippen LogP contribution in [-0.4, -0.2) is 37.4 Å². The highest BCUT2D eigenvalue weighted by Gasteiger charge is 2.34. The quantitative estimate of drug-likeness (QED) is 0.727. The van der Waals surface area contributed by atoms with E-state index in [-0.39, 0.29) is 5.56 Å². The lowest BCUT2D eigenvalue weighted by molar-refractivity contribution is -0.145. The highest BCUT2D eigenvalue weighted by molar-refractivity contribution is 5.67. The van der Waals surface area contributed by atoms with Crippen LogP contribution < -0.4 is 0 Å². The molecule has 0 aromatic carbocycles. The summed E-state index contributed by atoms with van der Waals surface area (Å²) in [5.74, 6) is -2.74. The molecule has 0 radical (unpaired) electrons. The van der Waals surface area contributed by atoms with Crippen LogP contribution in [0.3, 0.4) is 0 Å². The molecule has 1 rings (SSSR count). The molecule has 0 spiro atoms. The molecule has 1 aromatic rings. The normalized spacial score (nSPS) is 15.2. The molecule has 0 fully saturated rings. The van der Waals surface area contributed by atoms with E-state index >= 15 is 0 Å². The van der Waals surface area contributed by atoms with E-state index in [2.05, 4.69) is 9.97 Å². The Morgan fingerprint density at radius 2 is 1.78 bits per heavy atom. The second-order valence-electron chi connectivity index (χ2n) is 3.45. The molecule has 0 saturated carbocycles. The van der Waals surface area contributed by atoms with Crippen LogP contribution in [0.1, 0.15) is 23.9 Å². The van der Waals surface area contributed by atoms with Crippen molar-refractivity contribution in [1.82, 2.24) is 9.97 Å². The van der Waals surface area contributed by atoms with Crippen LogP contribution >= 0.6 is 0 Å². The van der Waals surface area contributed by atoms with Gasteiger partial charge in [-0.3, -0.25) is 4.79 Å². The Labute approximate surface area is 98.7 Å². The van der Waals surface area contributed by atoms with Gasteiger partial charge in [-0.1, -0.05) is 0 Å². The number of alkyl halides is 3. The molecule has 3 N–H and O–H groups in total. The fourth-order valence-corrected chi connectivity index (χ4v) is 1.15. The van der Waals surface area contributed by atoms with Gasteiger partial charge in [-0.25, -0.2) is 9.97 Å². The van der Waals surface area contributed by atoms with Crippen LogP contribution in [0.2, 0.25) is 0 Å². The molecule has 2 unspecified atom stereocenters. The Balaban J connectivity index is 2.82. The van der Waals surface area contributed by atoms with Gasteiger partial charge < -0.3 is 15.3 Å². The summed E-state index contributed by atoms with van der Waals surface area (Å²) in [7, 11) is 0. The zero-order valence-corrected chi connectivity index (χ0v) is 8.79. The molecule has 18 heavy (non-hydrogen) atoms. The molecule has 6 nitrogen and oxygen atoms in total. The number of aliphatic hydroxyl groups is 2. The summed E-state index contributed by atoms with van der Waals surface area (Å²) in [5, 5.41) is 27.1. The van der Waals surface area contributed by atoms with Gasteiger partial charge >= 0.3 is 12.1 Å². The number of rotatable bonds is 4. The zero-order valence-electron chi connectivity index (χ0n) is 8.79. The fourth-order valence-electron chi connectivity index (χ4n) is 1.15. The van der Waals surface area contributed by atoms with Gasteiger partial charge in [0.25, 0.3) is 0 Å². The monoisotopic (exact) mass is 266 g/mol. The number of halogens is 3. The van der Waals surface area contributed by atoms with Gasteiger partial charge in [-0.05, 0) is 0 Å². The van der Waals surface area contributed by atoms with E-state index in [9.17, 15) is 28.2 Å². The molecule has 0 aliphatic heterocycles. The molecular formula is C9H9F3N2O4. The molecule has 100 valence electrons. The second kappa shape index (κ2) is 5.27. The van der Waals surface area contributed by atoms with E-state index < -0.39 is 36.6 Å². The average molecular weight is 266 g/mol. The predicted octanol–water partition coefficient (Wildman–Crippen LogP) is 0.364. The number of aliphatic hydroxyl groups excluding tert-OH is 2. The summed E-state index contributed by atoms with van der Waals surface area (Å²) in [6, 6.07) is 0. The van der Waals surface area contributed by atoms with Gasteiger partial charge in [0.05, 0.1) is 12.5 Å². The Morgan fingerprint density at radius 3 is 2.17 bits per heavy atom. The number of aliphatic carboxylic acids is 1. The molecule has 9 heteroatoms. The standard InChI is InChI=1S/C9H9F3N2O4/c10-9(11,12)8-13-2-4(3-14-8)7(18)5(15)1-6(16)17/h2-3,5,7,15,18H,1H2,(H,16,17). The van der Waals surface area contributed by atoms with Crippen molar-refractivity contribution in [1.29, 1.82) is 0 Å². The Morgan fingerprint density at radius 1 is 1.28 bits per heavy atom. The minimum Gasteiger partial charge on any atom is -0.481 e. The van der Waals surface area contributed by atoms with Crippen molar-refractivity contribution in [3.63, 3.8) is 0 Å². The minimum atomic E-state index is -4.71. The predicted molar refractivity (Wildman–Crippen MR) is 50.3 cm³/mol. The van der Waals surface area contributed by atoms with Gasteiger partial charge in [-0.2, -0.15) is 13.2 Å². The summed E-state index contributed by atoms with van der Waals surface area (Å²) >= 11 is 0. The smallest absolute Gasteiger partial charge is 0.451 e. The van der Waals surface area contributed by atoms with Crippen molar-refractivity contribution < 1.29 is 33.3 Å². The Kier molecular flexibility index (Phi) is 4.19. The van der Waals surface area contributed by atoms with Crippen LogP contribution in [0.4, 0.5) is 13.2 Å². The van der Waals surface area contributed by atoms with Gasteiger partial charge in [0.1, 0.15) is 6.10 Å². The first-order valence-corrected chi connectivity index (χ1v) is 4.69. The van der Waals surface area contributed by atoms with Gasteiger partial charge in [0.2, 0.25) is 5.82 Å². The SMILES string of the molecule is O=C(O)CC(O)C(O)c1cnc(C(F)(F)F)nc1. The van der Waals surface area contributed by atoms with Crippen LogP contribution in [0.25, 0.3) is 0 Å². The number of carbonyl (C=O) groups is 1. The molecule has 0 aliphatic carbocycles. The molecule has 2 atom stereocenters. The topological polar surface area (TPSA) is 104 Å². The van der Waals surface area contributed by atoms with Crippen molar-refractivity contribution >= 4 is 5.97 Å². The number of nitrogens with zero attached hydrogens (tertiary/aromatic N) is 2. The number of hydrogen-bond donors (Lipinski definition) is 3. The lowest BCUT2D eigenvalue weighted by Crippen LogP contribution is -2.22. The lowest BCUT2D eigenvalue weighted by atomic mass is 10.1. The third-order valence-corrected chi connectivity index (χ3v) is 2.02. The number of carboxylic acids is 1. The highest BCUT2D eigenvalue weighted by atomic mass is 19.4. The van der Waals surface area contributed by atoms with E-state index in [0.29, 0.717) is 12.4 Å². The third-order valence-electron chi connectivity index (χ3n) is 2.02. The largest absolute Gasteiger partial charge is 0.481 e. The summed E-state index contributed by atoms with van der Waals surface area (Å²) in [6.45, 7) is 0. The Bertz CT molecular complexity index is 421. The van der Waals surface area contributed by atoms with Crippen molar-refractivity contribution in [3.8, 4) is 0 Å². The minimum absolute atomic E-state index is 0.197. The zero-order chi connectivity index (χ0) is 13.9. The first-order chi connectivity index (χ1) is 8.21. The van der Waals surface area contributed by atoms with Gasteiger partial charge in [-0.15, -0.1) is 0 Å². The summed E-state index contributed by atoms with van der Waals surface area (Å²) < 4.78 is 36.4. The molecule has 0 saturated heterocycles. The van der Waals surface area contributed by atoms with Crippen molar-refractivity contribution in [2.75, 3.05) is 0 Å². The van der Waals surface area contributed by atoms with Crippen molar-refractivity contribution in [3.05, 3.63) is 23.8 Å². The van der Waals surface area contributed by atoms with Crippen molar-refractivity contribution in [2.45, 2.75) is 24.8 Å². The van der Waals surface area contributed by atoms with Crippen LogP contribution in [0.15, 0.2) is 12.4 Å². The first kappa shape index (κ1) is 14.3. The van der Waals surface area contributed by atoms with E-state index in [0.717, 1.165) is 0 Å². The lowest BCUT2D eigenvalue weighted by Gasteiger charge is -2.16. The van der Waals surface area contributed by atoms with Crippen molar-refractivity contribution in [2.24, 2.45) is 0 Å². The maximum atomic E-state index is 12.1. The van der Waals surface area contributed by atoms with Crippen LogP contribution in [0, 0.1) is 0 Å². The third kappa shape index (κ3) is 3.64. The van der Waals surface area contributed by atoms with E-state index in [1.54, 1.807) is 0 Å². The maximum absolute atomic E-state index is 12.1. The molecule has 0 bridgehead atoms. The summed E-state index contributed by atoms with van der Waals surface area (Å²) in [6.07, 6.45) is -7.39. The molecular weight excluding hydrogens is 257 g/mol. The highest BCUT2D eigenvalue weighted by Crippen LogP contribution is 2.26. The van der Waals surface area contributed by atoms with Gasteiger partial charge in [0.15, 0.2) is 0 Å². The fraction of sp³-hybridized carbons (Fsp3) is 0.444. The van der Waals surface area contributed by atoms with E-state index in [1.807, 2.05) is 0 Å².